The van der Waals surface area contributed by atoms with Gasteiger partial charge in [-0.3, -0.25) is 14.5 Å². The highest BCUT2D eigenvalue weighted by atomic mass is 32.2. The number of amides is 4. The van der Waals surface area contributed by atoms with Gasteiger partial charge in [0.05, 0.1) is 28.2 Å². The number of hydrogen-bond acceptors (Lipinski definition) is 9. The zero-order chi connectivity index (χ0) is 34.5. The Bertz CT molecular complexity index is 1650. The van der Waals surface area contributed by atoms with Gasteiger partial charge in [0.25, 0.3) is 5.91 Å². The Labute approximate surface area is 279 Å². The van der Waals surface area contributed by atoms with Crippen LogP contribution < -0.4 is 5.73 Å². The van der Waals surface area contributed by atoms with Crippen LogP contribution in [0.25, 0.3) is 0 Å². The second-order valence-corrected chi connectivity index (χ2v) is 15.5. The molecule has 2 aromatic carbocycles. The number of aromatic hydroxyl groups is 1. The molecule has 1 aliphatic heterocycles. The van der Waals surface area contributed by atoms with Crippen molar-refractivity contribution in [2.75, 3.05) is 19.6 Å². The fourth-order valence-corrected chi connectivity index (χ4v) is 8.25. The minimum absolute atomic E-state index is 0.0144. The molecule has 4 N–H and O–H groups in total. The summed E-state index contributed by atoms with van der Waals surface area (Å²) in [5, 5.41) is 24.0. The van der Waals surface area contributed by atoms with Crippen LogP contribution in [0.2, 0.25) is 0 Å². The van der Waals surface area contributed by atoms with Gasteiger partial charge in [-0.2, -0.15) is 4.31 Å². The van der Waals surface area contributed by atoms with Gasteiger partial charge < -0.3 is 20.8 Å². The molecule has 0 radical (unpaired) electrons. The Balaban J connectivity index is 1.59. The SMILES string of the molecule is Cc1nc(CN2C(=O)CN(C(C(N)=O)C(C)C[C@@H](Cc3ccccc3)[C@@H](O)CN(CC(C)C)S(=O)(=O)c3ccc(O)cc3)C2=O)cs1. The van der Waals surface area contributed by atoms with E-state index in [-0.39, 0.29) is 49.2 Å². The molecule has 0 bridgehead atoms. The smallest absolute Gasteiger partial charge is 0.328 e. The number of phenolic OH excluding ortho intramolecular Hbond substituents is 1. The maximum Gasteiger partial charge on any atom is 0.328 e. The lowest BCUT2D eigenvalue weighted by atomic mass is 9.82. The van der Waals surface area contributed by atoms with Crippen LogP contribution in [0, 0.1) is 24.7 Å². The van der Waals surface area contributed by atoms with Gasteiger partial charge in [-0.15, -0.1) is 11.3 Å². The predicted octanol–water partition coefficient (Wildman–Crippen LogP) is 3.37. The summed E-state index contributed by atoms with van der Waals surface area (Å²) < 4.78 is 28.7. The van der Waals surface area contributed by atoms with Crippen molar-refractivity contribution in [1.82, 2.24) is 19.1 Å². The van der Waals surface area contributed by atoms with Crippen LogP contribution in [0.4, 0.5) is 4.79 Å². The average molecular weight is 686 g/mol. The van der Waals surface area contributed by atoms with E-state index >= 15 is 0 Å². The molecule has 1 aliphatic rings. The largest absolute Gasteiger partial charge is 0.508 e. The third-order valence-corrected chi connectivity index (χ3v) is 10.9. The molecule has 0 spiro atoms. The molecule has 1 saturated heterocycles. The number of carbonyl (C=O) groups excluding carboxylic acids is 3. The fourth-order valence-electron chi connectivity index (χ4n) is 6.02. The predicted molar refractivity (Wildman–Crippen MR) is 178 cm³/mol. The van der Waals surface area contributed by atoms with E-state index < -0.39 is 51.9 Å². The zero-order valence-electron chi connectivity index (χ0n) is 27.0. The number of imide groups is 1. The molecule has 0 saturated carbocycles. The number of carbonyl (C=O) groups is 3. The van der Waals surface area contributed by atoms with E-state index in [2.05, 4.69) is 4.98 Å². The number of aliphatic hydroxyl groups is 1. The Morgan fingerprint density at radius 2 is 1.72 bits per heavy atom. The number of thiazole rings is 1. The van der Waals surface area contributed by atoms with E-state index in [0.29, 0.717) is 12.1 Å². The zero-order valence-corrected chi connectivity index (χ0v) is 28.7. The number of phenols is 1. The summed E-state index contributed by atoms with van der Waals surface area (Å²) in [6.45, 7) is 6.88. The summed E-state index contributed by atoms with van der Waals surface area (Å²) in [4.78, 5) is 45.9. The molecule has 254 valence electrons. The molecule has 2 unspecified atom stereocenters. The van der Waals surface area contributed by atoms with E-state index in [4.69, 9.17) is 5.73 Å². The highest BCUT2D eigenvalue weighted by Crippen LogP contribution is 2.30. The van der Waals surface area contributed by atoms with Crippen LogP contribution in [0.1, 0.15) is 43.5 Å². The summed E-state index contributed by atoms with van der Waals surface area (Å²) >= 11 is 1.40. The topological polar surface area (TPSA) is 174 Å². The first-order valence-corrected chi connectivity index (χ1v) is 17.8. The minimum Gasteiger partial charge on any atom is -0.508 e. The summed E-state index contributed by atoms with van der Waals surface area (Å²) in [6, 6.07) is 12.8. The molecule has 3 aromatic rings. The quantitative estimate of drug-likeness (QED) is 0.193. The van der Waals surface area contributed by atoms with Gasteiger partial charge >= 0.3 is 6.03 Å². The van der Waals surface area contributed by atoms with Crippen molar-refractivity contribution in [3.8, 4) is 5.75 Å². The van der Waals surface area contributed by atoms with Crippen molar-refractivity contribution in [2.45, 2.75) is 64.1 Å². The highest BCUT2D eigenvalue weighted by molar-refractivity contribution is 7.89. The van der Waals surface area contributed by atoms with Gasteiger partial charge in [-0.25, -0.2) is 18.2 Å². The monoisotopic (exact) mass is 685 g/mol. The van der Waals surface area contributed by atoms with Crippen LogP contribution in [-0.2, 0) is 32.6 Å². The van der Waals surface area contributed by atoms with Crippen molar-refractivity contribution < 1.29 is 33.0 Å². The van der Waals surface area contributed by atoms with Crippen molar-refractivity contribution in [1.29, 1.82) is 0 Å². The van der Waals surface area contributed by atoms with Crippen LogP contribution in [0.15, 0.2) is 64.9 Å². The van der Waals surface area contributed by atoms with Crippen LogP contribution >= 0.6 is 11.3 Å². The first-order valence-electron chi connectivity index (χ1n) is 15.5. The van der Waals surface area contributed by atoms with Gasteiger partial charge in [0, 0.05) is 18.5 Å². The number of hydrogen-bond donors (Lipinski definition) is 3. The van der Waals surface area contributed by atoms with E-state index in [1.165, 1.54) is 44.8 Å². The average Bonchev–Trinajstić information content (AvgIpc) is 3.54. The van der Waals surface area contributed by atoms with Gasteiger partial charge in [-0.1, -0.05) is 51.1 Å². The Morgan fingerprint density at radius 1 is 1.06 bits per heavy atom. The first kappa shape index (κ1) is 36.0. The number of primary amides is 1. The Kier molecular flexibility index (Phi) is 11.8. The van der Waals surface area contributed by atoms with Gasteiger partial charge in [0.1, 0.15) is 18.3 Å². The standard InChI is InChI=1S/C33H43N5O7S2/c1-21(2)16-36(47(44,45)28-12-10-27(39)11-13-28)18-29(40)25(15-24-8-6-5-7-9-24)14-22(3)31(32(34)42)38-19-30(41)37(33(38)43)17-26-20-46-23(4)35-26/h5-13,20-22,25,29,31,39-40H,14-19H2,1-4H3,(H2,34,42)/t22?,25-,29-,31?/m0/s1. The number of nitrogens with two attached hydrogens (primary N) is 1. The van der Waals surface area contributed by atoms with Crippen molar-refractivity contribution in [3.05, 3.63) is 76.2 Å². The number of sulfonamides is 1. The molecule has 47 heavy (non-hydrogen) atoms. The molecule has 1 aromatic heterocycles. The number of aliphatic hydroxyl groups excluding tert-OH is 1. The Hall–Kier alpha value is -3.85. The molecule has 2 heterocycles. The molecule has 0 aliphatic carbocycles. The van der Waals surface area contributed by atoms with Gasteiger partial charge in [0.15, 0.2) is 0 Å². The molecular weight excluding hydrogens is 643 g/mol. The number of nitrogens with zero attached hydrogens (tertiary/aromatic N) is 4. The lowest BCUT2D eigenvalue weighted by Crippen LogP contribution is -2.51. The number of aryl methyl sites for hydroxylation is 1. The summed E-state index contributed by atoms with van der Waals surface area (Å²) in [6.07, 6.45) is -0.617. The lowest BCUT2D eigenvalue weighted by Gasteiger charge is -2.34. The van der Waals surface area contributed by atoms with Gasteiger partial charge in [0.2, 0.25) is 15.9 Å². The highest BCUT2D eigenvalue weighted by Gasteiger charge is 2.45. The fraction of sp³-hybridized carbons (Fsp3) is 0.455. The molecule has 14 heteroatoms. The van der Waals surface area contributed by atoms with E-state index in [9.17, 15) is 33.0 Å². The first-order chi connectivity index (χ1) is 22.2. The maximum atomic E-state index is 13.7. The molecular formula is C33H43N5O7S2. The molecule has 4 rings (SSSR count). The normalized spacial score (nSPS) is 16.6. The van der Waals surface area contributed by atoms with Crippen LogP contribution in [0.3, 0.4) is 0 Å². The van der Waals surface area contributed by atoms with Crippen LogP contribution in [0.5, 0.6) is 5.75 Å². The third kappa shape index (κ3) is 8.95. The third-order valence-electron chi connectivity index (χ3n) is 8.23. The van der Waals surface area contributed by atoms with Crippen LogP contribution in [-0.4, -0.2) is 87.3 Å². The van der Waals surface area contributed by atoms with Gasteiger partial charge in [-0.05, 0) is 67.3 Å². The number of urea groups is 1. The summed E-state index contributed by atoms with van der Waals surface area (Å²) in [7, 11) is -4.04. The number of aromatic nitrogens is 1. The Morgan fingerprint density at radius 3 is 2.30 bits per heavy atom. The maximum absolute atomic E-state index is 13.7. The molecule has 4 atom stereocenters. The van der Waals surface area contributed by atoms with Crippen molar-refractivity contribution in [2.24, 2.45) is 23.5 Å². The van der Waals surface area contributed by atoms with E-state index in [1.807, 2.05) is 51.1 Å². The number of benzene rings is 2. The van der Waals surface area contributed by atoms with Crippen molar-refractivity contribution >= 4 is 39.2 Å². The molecule has 12 nitrogen and oxygen atoms in total. The van der Waals surface area contributed by atoms with Crippen molar-refractivity contribution in [3.63, 3.8) is 0 Å². The molecule has 1 fully saturated rings. The second kappa shape index (κ2) is 15.4. The summed E-state index contributed by atoms with van der Waals surface area (Å²) in [5.74, 6) is -2.53. The summed E-state index contributed by atoms with van der Waals surface area (Å²) in [5.41, 5.74) is 7.32. The van der Waals surface area contributed by atoms with E-state index in [1.54, 1.807) is 12.3 Å². The minimum atomic E-state index is -4.04. The number of rotatable bonds is 16. The lowest BCUT2D eigenvalue weighted by molar-refractivity contribution is -0.126. The van der Waals surface area contributed by atoms with E-state index in [0.717, 1.165) is 15.5 Å². The molecule has 4 amide bonds. The second-order valence-electron chi connectivity index (χ2n) is 12.5.